The summed E-state index contributed by atoms with van der Waals surface area (Å²) in [6.45, 7) is 12.2. The van der Waals surface area contributed by atoms with Gasteiger partial charge in [-0.15, -0.1) is 0 Å². The molecule has 1 unspecified atom stereocenters. The molecule has 1 N–H and O–H groups in total. The van der Waals surface area contributed by atoms with E-state index in [-0.39, 0.29) is 0 Å². The Morgan fingerprint density at radius 1 is 1.50 bits per heavy atom. The van der Waals surface area contributed by atoms with Crippen molar-refractivity contribution in [1.82, 2.24) is 5.32 Å². The molecule has 1 rings (SSSR count). The third kappa shape index (κ3) is 4.14. The predicted molar refractivity (Wildman–Crippen MR) is 84.3 cm³/mol. The number of nitrogens with one attached hydrogen (secondary N) is 1. The van der Waals surface area contributed by atoms with E-state index in [1.807, 2.05) is 6.92 Å². The fourth-order valence-electron chi connectivity index (χ4n) is 2.02. The first-order chi connectivity index (χ1) is 8.45. The fraction of sp³-hybridized carbons (Fsp3) is 0.467. The Hall–Kier alpha value is -0.800. The van der Waals surface area contributed by atoms with Gasteiger partial charge in [0.25, 0.3) is 0 Å². The molecule has 1 atom stereocenters. The van der Waals surface area contributed by atoms with Crippen molar-refractivity contribution in [2.75, 3.05) is 25.0 Å². The number of hydrogen-bond donors (Lipinski definition) is 1. The van der Waals surface area contributed by atoms with Gasteiger partial charge in [0.05, 0.1) is 5.69 Å². The Balaban J connectivity index is 2.88. The summed E-state index contributed by atoms with van der Waals surface area (Å²) in [5.74, 6) is 0. The van der Waals surface area contributed by atoms with E-state index in [1.54, 1.807) is 0 Å². The van der Waals surface area contributed by atoms with Crippen LogP contribution in [-0.2, 0) is 0 Å². The molecule has 0 bridgehead atoms. The van der Waals surface area contributed by atoms with Crippen molar-refractivity contribution in [1.29, 1.82) is 0 Å². The Morgan fingerprint density at radius 3 is 2.67 bits per heavy atom. The second kappa shape index (κ2) is 6.95. The summed E-state index contributed by atoms with van der Waals surface area (Å²) in [6, 6.07) is 6.92. The van der Waals surface area contributed by atoms with Crippen LogP contribution in [-0.4, -0.2) is 20.1 Å². The van der Waals surface area contributed by atoms with Crippen LogP contribution in [0, 0.1) is 0 Å². The SMILES string of the molecule is C=C(C)CN(C)c1ccc(C(C)NCC)cc1Br. The molecule has 100 valence electrons. The van der Waals surface area contributed by atoms with Crippen LogP contribution in [0.4, 0.5) is 5.69 Å². The molecular weight excluding hydrogens is 288 g/mol. The van der Waals surface area contributed by atoms with E-state index in [4.69, 9.17) is 0 Å². The lowest BCUT2D eigenvalue weighted by atomic mass is 10.1. The van der Waals surface area contributed by atoms with Crippen LogP contribution in [0.5, 0.6) is 0 Å². The van der Waals surface area contributed by atoms with Crippen molar-refractivity contribution >= 4 is 21.6 Å². The standard InChI is InChI=1S/C15H23BrN2/c1-6-17-12(4)13-7-8-15(14(16)9-13)18(5)10-11(2)3/h7-9,12,17H,2,6,10H2,1,3-5H3. The average molecular weight is 311 g/mol. The van der Waals surface area contributed by atoms with Gasteiger partial charge in [0.2, 0.25) is 0 Å². The first-order valence-electron chi connectivity index (χ1n) is 6.34. The topological polar surface area (TPSA) is 15.3 Å². The van der Waals surface area contributed by atoms with Gasteiger partial charge >= 0.3 is 0 Å². The quantitative estimate of drug-likeness (QED) is 0.795. The third-order valence-electron chi connectivity index (χ3n) is 2.90. The van der Waals surface area contributed by atoms with Crippen LogP contribution in [0.2, 0.25) is 0 Å². The van der Waals surface area contributed by atoms with Crippen LogP contribution >= 0.6 is 15.9 Å². The van der Waals surface area contributed by atoms with Gasteiger partial charge in [-0.25, -0.2) is 0 Å². The molecule has 0 amide bonds. The van der Waals surface area contributed by atoms with Gasteiger partial charge in [0.15, 0.2) is 0 Å². The normalized spacial score (nSPS) is 12.3. The number of halogens is 1. The van der Waals surface area contributed by atoms with Crippen LogP contribution in [0.1, 0.15) is 32.4 Å². The van der Waals surface area contributed by atoms with Gasteiger partial charge in [-0.3, -0.25) is 0 Å². The van der Waals surface area contributed by atoms with E-state index >= 15 is 0 Å². The molecule has 1 aromatic rings. The molecule has 0 spiro atoms. The molecule has 0 heterocycles. The van der Waals surface area contributed by atoms with Gasteiger partial charge in [-0.2, -0.15) is 0 Å². The lowest BCUT2D eigenvalue weighted by Crippen LogP contribution is -2.20. The average Bonchev–Trinajstić information content (AvgIpc) is 2.28. The number of hydrogen-bond acceptors (Lipinski definition) is 2. The monoisotopic (exact) mass is 310 g/mol. The highest BCUT2D eigenvalue weighted by molar-refractivity contribution is 9.10. The zero-order valence-electron chi connectivity index (χ0n) is 11.8. The first kappa shape index (κ1) is 15.3. The molecule has 0 saturated carbocycles. The van der Waals surface area contributed by atoms with Crippen LogP contribution < -0.4 is 10.2 Å². The molecule has 0 aromatic heterocycles. The van der Waals surface area contributed by atoms with Crippen LogP contribution in [0.15, 0.2) is 34.8 Å². The van der Waals surface area contributed by atoms with E-state index in [2.05, 4.69) is 71.8 Å². The van der Waals surface area contributed by atoms with Crippen molar-refractivity contribution in [2.45, 2.75) is 26.8 Å². The van der Waals surface area contributed by atoms with E-state index in [0.29, 0.717) is 6.04 Å². The molecule has 3 heteroatoms. The summed E-state index contributed by atoms with van der Waals surface area (Å²) in [7, 11) is 2.09. The molecule has 2 nitrogen and oxygen atoms in total. The molecule has 0 radical (unpaired) electrons. The Bertz CT molecular complexity index is 415. The van der Waals surface area contributed by atoms with Crippen molar-refractivity contribution in [3.05, 3.63) is 40.4 Å². The molecule has 0 saturated heterocycles. The number of benzene rings is 1. The van der Waals surface area contributed by atoms with Gasteiger partial charge < -0.3 is 10.2 Å². The highest BCUT2D eigenvalue weighted by atomic mass is 79.9. The summed E-state index contributed by atoms with van der Waals surface area (Å²) >= 11 is 3.66. The highest BCUT2D eigenvalue weighted by Gasteiger charge is 2.09. The van der Waals surface area contributed by atoms with Crippen molar-refractivity contribution < 1.29 is 0 Å². The molecule has 0 aliphatic rings. The minimum atomic E-state index is 0.381. The number of rotatable bonds is 6. The summed E-state index contributed by atoms with van der Waals surface area (Å²) in [4.78, 5) is 2.20. The third-order valence-corrected chi connectivity index (χ3v) is 3.54. The molecule has 0 aliphatic heterocycles. The maximum Gasteiger partial charge on any atom is 0.0511 e. The van der Waals surface area contributed by atoms with Gasteiger partial charge in [0.1, 0.15) is 0 Å². The lowest BCUT2D eigenvalue weighted by molar-refractivity contribution is 0.598. The molecule has 1 aromatic carbocycles. The maximum atomic E-state index is 3.95. The van der Waals surface area contributed by atoms with Gasteiger partial charge in [-0.05, 0) is 54.0 Å². The predicted octanol–water partition coefficient (Wildman–Crippen LogP) is 4.13. The molecule has 0 aliphatic carbocycles. The van der Waals surface area contributed by atoms with E-state index in [0.717, 1.165) is 23.1 Å². The smallest absolute Gasteiger partial charge is 0.0511 e. The number of anilines is 1. The van der Waals surface area contributed by atoms with Crippen LogP contribution in [0.25, 0.3) is 0 Å². The van der Waals surface area contributed by atoms with E-state index < -0.39 is 0 Å². The van der Waals surface area contributed by atoms with E-state index in [9.17, 15) is 0 Å². The van der Waals surface area contributed by atoms with Gasteiger partial charge in [-0.1, -0.05) is 25.1 Å². The number of likely N-dealkylation sites (N-methyl/N-ethyl adjacent to an activating group) is 1. The lowest BCUT2D eigenvalue weighted by Gasteiger charge is -2.22. The van der Waals surface area contributed by atoms with Crippen molar-refractivity contribution in [2.24, 2.45) is 0 Å². The molecule has 18 heavy (non-hydrogen) atoms. The zero-order chi connectivity index (χ0) is 13.7. The first-order valence-corrected chi connectivity index (χ1v) is 7.13. The van der Waals surface area contributed by atoms with Crippen LogP contribution in [0.3, 0.4) is 0 Å². The zero-order valence-corrected chi connectivity index (χ0v) is 13.3. The van der Waals surface area contributed by atoms with Crippen molar-refractivity contribution in [3.8, 4) is 0 Å². The van der Waals surface area contributed by atoms with Crippen molar-refractivity contribution in [3.63, 3.8) is 0 Å². The number of nitrogens with zero attached hydrogens (tertiary/aromatic N) is 1. The summed E-state index contributed by atoms with van der Waals surface area (Å²) < 4.78 is 1.13. The van der Waals surface area contributed by atoms with Gasteiger partial charge in [0, 0.05) is 24.1 Å². The van der Waals surface area contributed by atoms with E-state index in [1.165, 1.54) is 11.3 Å². The largest absolute Gasteiger partial charge is 0.370 e. The fourth-order valence-corrected chi connectivity index (χ4v) is 2.72. The minimum absolute atomic E-state index is 0.381. The second-order valence-electron chi connectivity index (χ2n) is 4.80. The molecule has 0 fully saturated rings. The highest BCUT2D eigenvalue weighted by Crippen LogP contribution is 2.29. The summed E-state index contributed by atoms with van der Waals surface area (Å²) in [6.07, 6.45) is 0. The molecular formula is C15H23BrN2. The Labute approximate surface area is 119 Å². The minimum Gasteiger partial charge on any atom is -0.370 e. The Morgan fingerprint density at radius 2 is 2.17 bits per heavy atom. The Kier molecular flexibility index (Phi) is 5.89. The summed E-state index contributed by atoms with van der Waals surface area (Å²) in [5.41, 5.74) is 3.66. The second-order valence-corrected chi connectivity index (χ2v) is 5.66. The summed E-state index contributed by atoms with van der Waals surface area (Å²) in [5, 5.41) is 3.42. The maximum absolute atomic E-state index is 3.95.